The van der Waals surface area contributed by atoms with Crippen molar-refractivity contribution in [2.75, 3.05) is 26.4 Å². The first-order valence-electron chi connectivity index (χ1n) is 2.68. The SMILES string of the molecule is OCC(CO)(CO)CO.[Zn]. The number of hydrogen-bond donors (Lipinski definition) is 4. The predicted molar refractivity (Wildman–Crippen MR) is 30.8 cm³/mol. The van der Waals surface area contributed by atoms with E-state index in [1.54, 1.807) is 0 Å². The van der Waals surface area contributed by atoms with Crippen LogP contribution in [0.3, 0.4) is 0 Å². The van der Waals surface area contributed by atoms with Crippen LogP contribution in [0.2, 0.25) is 0 Å². The second kappa shape index (κ2) is 6.19. The van der Waals surface area contributed by atoms with Crippen LogP contribution in [-0.2, 0) is 19.5 Å². The van der Waals surface area contributed by atoms with Crippen LogP contribution in [0.1, 0.15) is 0 Å². The van der Waals surface area contributed by atoms with Gasteiger partial charge >= 0.3 is 0 Å². The Morgan fingerprint density at radius 2 is 0.900 bits per heavy atom. The van der Waals surface area contributed by atoms with Gasteiger partial charge in [-0.1, -0.05) is 0 Å². The summed E-state index contributed by atoms with van der Waals surface area (Å²) in [6.45, 7) is -1.62. The zero-order valence-electron chi connectivity index (χ0n) is 5.82. The monoisotopic (exact) mass is 200 g/mol. The van der Waals surface area contributed by atoms with Gasteiger partial charge in [-0.2, -0.15) is 0 Å². The smallest absolute Gasteiger partial charge is 0.0627 e. The molecule has 0 amide bonds. The minimum absolute atomic E-state index is 0. The molecule has 0 bridgehead atoms. The van der Waals surface area contributed by atoms with Gasteiger partial charge in [0.25, 0.3) is 0 Å². The maximum absolute atomic E-state index is 8.50. The molecule has 4 nitrogen and oxygen atoms in total. The zero-order valence-corrected chi connectivity index (χ0v) is 8.79. The van der Waals surface area contributed by atoms with Gasteiger partial charge in [-0.3, -0.25) is 0 Å². The second-order valence-electron chi connectivity index (χ2n) is 2.13. The molecule has 0 aliphatic heterocycles. The molecule has 0 aromatic rings. The van der Waals surface area contributed by atoms with Crippen LogP contribution in [0.4, 0.5) is 0 Å². The molecule has 0 fully saturated rings. The second-order valence-corrected chi connectivity index (χ2v) is 2.13. The molecule has 58 valence electrons. The van der Waals surface area contributed by atoms with Crippen molar-refractivity contribution >= 4 is 0 Å². The van der Waals surface area contributed by atoms with Crippen LogP contribution in [0.5, 0.6) is 0 Å². The molecule has 0 aromatic heterocycles. The van der Waals surface area contributed by atoms with Crippen LogP contribution in [-0.4, -0.2) is 46.9 Å². The molecule has 0 unspecified atom stereocenters. The van der Waals surface area contributed by atoms with Gasteiger partial charge in [0.05, 0.1) is 31.8 Å². The Labute approximate surface area is 72.3 Å². The van der Waals surface area contributed by atoms with Gasteiger partial charge in [0.2, 0.25) is 0 Å². The fourth-order valence-electron chi connectivity index (χ4n) is 0.300. The Morgan fingerprint density at radius 1 is 0.700 bits per heavy atom. The molecule has 0 atom stereocenters. The molecule has 4 N–H and O–H groups in total. The fraction of sp³-hybridized carbons (Fsp3) is 1.00. The van der Waals surface area contributed by atoms with E-state index in [0.717, 1.165) is 0 Å². The van der Waals surface area contributed by atoms with Gasteiger partial charge in [-0.05, 0) is 0 Å². The Kier molecular flexibility index (Phi) is 8.10. The Bertz CT molecular complexity index is 56.5. The van der Waals surface area contributed by atoms with Crippen molar-refractivity contribution in [3.63, 3.8) is 0 Å². The summed E-state index contributed by atoms with van der Waals surface area (Å²) in [5.41, 5.74) is -1.11. The van der Waals surface area contributed by atoms with Crippen molar-refractivity contribution in [2.45, 2.75) is 0 Å². The third kappa shape index (κ3) is 3.03. The standard InChI is InChI=1S/C5H12O4.Zn/c6-1-5(2-7,3-8)4-9;/h6-9H,1-4H2;. The minimum atomic E-state index is -1.11. The molecule has 0 saturated carbocycles. The molecular formula is C5H12O4Zn. The van der Waals surface area contributed by atoms with Crippen molar-refractivity contribution in [1.82, 2.24) is 0 Å². The molecule has 10 heavy (non-hydrogen) atoms. The molecule has 0 radical (unpaired) electrons. The number of rotatable bonds is 4. The van der Waals surface area contributed by atoms with E-state index >= 15 is 0 Å². The zero-order chi connectivity index (χ0) is 7.33. The summed E-state index contributed by atoms with van der Waals surface area (Å²) in [5.74, 6) is 0. The van der Waals surface area contributed by atoms with Crippen molar-refractivity contribution in [3.8, 4) is 0 Å². The number of hydrogen-bond acceptors (Lipinski definition) is 4. The molecule has 0 aromatic carbocycles. The van der Waals surface area contributed by atoms with E-state index in [0.29, 0.717) is 0 Å². The van der Waals surface area contributed by atoms with Crippen molar-refractivity contribution in [2.24, 2.45) is 5.41 Å². The summed E-state index contributed by atoms with van der Waals surface area (Å²) in [6.07, 6.45) is 0. The summed E-state index contributed by atoms with van der Waals surface area (Å²) in [4.78, 5) is 0. The van der Waals surface area contributed by atoms with E-state index < -0.39 is 31.8 Å². The van der Waals surface area contributed by atoms with Crippen LogP contribution in [0, 0.1) is 5.41 Å². The molecule has 0 spiro atoms. The Balaban J connectivity index is 0. The largest absolute Gasteiger partial charge is 0.396 e. The Morgan fingerprint density at radius 3 is 0.900 bits per heavy atom. The minimum Gasteiger partial charge on any atom is -0.396 e. The van der Waals surface area contributed by atoms with E-state index in [-0.39, 0.29) is 19.5 Å². The van der Waals surface area contributed by atoms with Crippen molar-refractivity contribution < 1.29 is 39.9 Å². The molecule has 0 aliphatic carbocycles. The van der Waals surface area contributed by atoms with Gasteiger partial charge in [-0.15, -0.1) is 0 Å². The Hall–Kier alpha value is 0.463. The first-order chi connectivity index (χ1) is 4.24. The molecule has 0 aliphatic rings. The molecule has 0 rings (SSSR count). The average Bonchev–Trinajstić information content (AvgIpc) is 1.95. The summed E-state index contributed by atoms with van der Waals surface area (Å²) in [7, 11) is 0. The maximum atomic E-state index is 8.50. The summed E-state index contributed by atoms with van der Waals surface area (Å²) in [5, 5.41) is 34.0. The van der Waals surface area contributed by atoms with Crippen LogP contribution in [0.15, 0.2) is 0 Å². The number of aliphatic hydroxyl groups is 4. The maximum Gasteiger partial charge on any atom is 0.0627 e. The van der Waals surface area contributed by atoms with Gasteiger partial charge in [0.1, 0.15) is 0 Å². The van der Waals surface area contributed by atoms with Gasteiger partial charge in [0.15, 0.2) is 0 Å². The quantitative estimate of drug-likeness (QED) is 0.395. The summed E-state index contributed by atoms with van der Waals surface area (Å²) < 4.78 is 0. The third-order valence-electron chi connectivity index (χ3n) is 1.34. The first-order valence-corrected chi connectivity index (χ1v) is 2.68. The number of aliphatic hydroxyl groups excluding tert-OH is 4. The van der Waals surface area contributed by atoms with Gasteiger partial charge in [0, 0.05) is 19.5 Å². The van der Waals surface area contributed by atoms with E-state index in [1.807, 2.05) is 0 Å². The van der Waals surface area contributed by atoms with Gasteiger partial charge < -0.3 is 20.4 Å². The van der Waals surface area contributed by atoms with Crippen LogP contribution < -0.4 is 0 Å². The van der Waals surface area contributed by atoms with Crippen molar-refractivity contribution in [3.05, 3.63) is 0 Å². The van der Waals surface area contributed by atoms with E-state index in [9.17, 15) is 0 Å². The predicted octanol–water partition coefficient (Wildman–Crippen LogP) is -2.06. The van der Waals surface area contributed by atoms with Crippen molar-refractivity contribution in [1.29, 1.82) is 0 Å². The summed E-state index contributed by atoms with van der Waals surface area (Å²) in [6, 6.07) is 0. The molecule has 0 heterocycles. The van der Waals surface area contributed by atoms with E-state index in [2.05, 4.69) is 0 Å². The van der Waals surface area contributed by atoms with Crippen LogP contribution >= 0.6 is 0 Å². The van der Waals surface area contributed by atoms with E-state index in [1.165, 1.54) is 0 Å². The fourth-order valence-corrected chi connectivity index (χ4v) is 0.300. The molecule has 5 heteroatoms. The normalized spacial score (nSPS) is 10.8. The van der Waals surface area contributed by atoms with Gasteiger partial charge in [-0.25, -0.2) is 0 Å². The first kappa shape index (κ1) is 13.1. The average molecular weight is 202 g/mol. The van der Waals surface area contributed by atoms with E-state index in [4.69, 9.17) is 20.4 Å². The topological polar surface area (TPSA) is 80.9 Å². The van der Waals surface area contributed by atoms with Crippen LogP contribution in [0.25, 0.3) is 0 Å². The summed E-state index contributed by atoms with van der Waals surface area (Å²) >= 11 is 0. The molecular weight excluding hydrogens is 189 g/mol. The molecule has 0 saturated heterocycles. The third-order valence-corrected chi connectivity index (χ3v) is 1.34.